The third-order valence-corrected chi connectivity index (χ3v) is 8.73. The van der Waals surface area contributed by atoms with E-state index in [0.717, 1.165) is 42.7 Å². The molecule has 1 saturated heterocycles. The Hall–Kier alpha value is -3.08. The van der Waals surface area contributed by atoms with Crippen LogP contribution in [0.3, 0.4) is 0 Å². The van der Waals surface area contributed by atoms with E-state index >= 15 is 0 Å². The Morgan fingerprint density at radius 2 is 1.87 bits per heavy atom. The van der Waals surface area contributed by atoms with Gasteiger partial charge in [0.15, 0.2) is 0 Å². The maximum Gasteiger partial charge on any atom is 0.412 e. The predicted octanol–water partition coefficient (Wildman–Crippen LogP) is 4.74. The van der Waals surface area contributed by atoms with Crippen LogP contribution in [0, 0.1) is 5.41 Å². The predicted molar refractivity (Wildman–Crippen MR) is 153 cm³/mol. The number of rotatable bonds is 10. The summed E-state index contributed by atoms with van der Waals surface area (Å²) in [6.45, 7) is 2.90. The van der Waals surface area contributed by atoms with Crippen LogP contribution in [0.15, 0.2) is 48.5 Å². The van der Waals surface area contributed by atoms with Crippen molar-refractivity contribution in [1.82, 2.24) is 4.90 Å². The number of benzene rings is 2. The summed E-state index contributed by atoms with van der Waals surface area (Å²) in [5, 5.41) is 7.86. The first-order valence-corrected chi connectivity index (χ1v) is 14.9. The van der Waals surface area contributed by atoms with Gasteiger partial charge in [-0.3, -0.25) is 10.2 Å². The van der Waals surface area contributed by atoms with Crippen molar-refractivity contribution in [1.29, 1.82) is 5.41 Å². The quantitative estimate of drug-likeness (QED) is 0.310. The number of likely N-dealkylation sites (tertiary alicyclic amines) is 1. The van der Waals surface area contributed by atoms with E-state index in [1.165, 1.54) is 31.7 Å². The van der Waals surface area contributed by atoms with Crippen LogP contribution in [0.2, 0.25) is 5.02 Å². The number of halogens is 1. The molecule has 11 heteroatoms. The molecule has 210 valence electrons. The summed E-state index contributed by atoms with van der Waals surface area (Å²) in [5.41, 5.74) is 7.06. The number of carbonyl (C=O) groups excluding carboxylic acids is 1. The monoisotopic (exact) mass is 574 g/mol. The molecule has 2 aromatic carbocycles. The summed E-state index contributed by atoms with van der Waals surface area (Å²) in [6.07, 6.45) is 10.4. The highest BCUT2D eigenvalue weighted by Crippen LogP contribution is 2.33. The van der Waals surface area contributed by atoms with Crippen LogP contribution in [0.4, 0.5) is 5.69 Å². The van der Waals surface area contributed by atoms with Crippen molar-refractivity contribution in [3.63, 3.8) is 0 Å². The van der Waals surface area contributed by atoms with Gasteiger partial charge in [0.2, 0.25) is 0 Å². The first-order valence-electron chi connectivity index (χ1n) is 13.2. The number of carbonyl (C=O) groups is 1. The smallest absolute Gasteiger partial charge is 0.412 e. The lowest BCUT2D eigenvalue weighted by molar-refractivity contribution is -0.131. The Morgan fingerprint density at radius 3 is 2.51 bits per heavy atom. The second-order valence-corrected chi connectivity index (χ2v) is 11.8. The molecule has 0 amide bonds. The Balaban J connectivity index is 1.47. The Kier molecular flexibility index (Phi) is 9.53. The minimum absolute atomic E-state index is 0.0422. The number of piperidine rings is 1. The molecule has 0 bridgehead atoms. The van der Waals surface area contributed by atoms with Gasteiger partial charge in [-0.2, -0.15) is 8.42 Å². The largest absolute Gasteiger partial charge is 0.489 e. The third kappa shape index (κ3) is 7.74. The lowest BCUT2D eigenvalue weighted by Gasteiger charge is -2.36. The van der Waals surface area contributed by atoms with Gasteiger partial charge in [-0.15, -0.1) is 0 Å². The summed E-state index contributed by atoms with van der Waals surface area (Å²) in [7, 11) is -4.45. The number of hydrogen-bond donors (Lipinski definition) is 2. The topological polar surface area (TPSA) is 126 Å². The molecule has 0 unspecified atom stereocenters. The molecule has 0 aromatic heterocycles. The number of nitrogens with zero attached hydrogens (tertiary/aromatic N) is 2. The van der Waals surface area contributed by atoms with Crippen molar-refractivity contribution >= 4 is 45.5 Å². The SMILES string of the molecule is CC(=O)OS(=O)(=O)N(C/C=C/c1cccc(C(=N)N)c1)c1ccc(OC2CCN(C3CCCC3)CC2)c(Cl)c1. The van der Waals surface area contributed by atoms with E-state index in [9.17, 15) is 13.2 Å². The molecule has 9 nitrogen and oxygen atoms in total. The van der Waals surface area contributed by atoms with E-state index in [1.807, 2.05) is 0 Å². The number of amidine groups is 1. The van der Waals surface area contributed by atoms with E-state index in [2.05, 4.69) is 9.08 Å². The zero-order valence-electron chi connectivity index (χ0n) is 22.0. The number of hydrogen-bond acceptors (Lipinski definition) is 7. The van der Waals surface area contributed by atoms with Crippen molar-refractivity contribution in [2.45, 2.75) is 57.6 Å². The molecule has 1 heterocycles. The molecular weight excluding hydrogens is 540 g/mol. The Morgan fingerprint density at radius 1 is 1.15 bits per heavy atom. The van der Waals surface area contributed by atoms with Crippen molar-refractivity contribution in [2.75, 3.05) is 23.9 Å². The summed E-state index contributed by atoms with van der Waals surface area (Å²) < 4.78 is 37.6. The molecule has 0 atom stereocenters. The molecule has 2 aromatic rings. The average molecular weight is 575 g/mol. The van der Waals surface area contributed by atoms with Gasteiger partial charge < -0.3 is 19.6 Å². The van der Waals surface area contributed by atoms with Gasteiger partial charge in [0.1, 0.15) is 17.7 Å². The summed E-state index contributed by atoms with van der Waals surface area (Å²) >= 11 is 6.54. The summed E-state index contributed by atoms with van der Waals surface area (Å²) in [6, 6.07) is 12.4. The fourth-order valence-corrected chi connectivity index (χ4v) is 6.41. The van der Waals surface area contributed by atoms with Gasteiger partial charge in [-0.25, -0.2) is 4.31 Å². The first kappa shape index (κ1) is 28.9. The van der Waals surface area contributed by atoms with Crippen LogP contribution < -0.4 is 14.8 Å². The highest BCUT2D eigenvalue weighted by atomic mass is 35.5. The minimum atomic E-state index is -4.45. The zero-order valence-corrected chi connectivity index (χ0v) is 23.6. The number of anilines is 1. The lowest BCUT2D eigenvalue weighted by atomic mass is 10.0. The van der Waals surface area contributed by atoms with Gasteiger partial charge in [-0.1, -0.05) is 54.8 Å². The average Bonchev–Trinajstić information content (AvgIpc) is 3.43. The highest BCUT2D eigenvalue weighted by Gasteiger charge is 2.29. The van der Waals surface area contributed by atoms with Crippen molar-refractivity contribution in [3.05, 3.63) is 64.7 Å². The van der Waals surface area contributed by atoms with Gasteiger partial charge >= 0.3 is 16.3 Å². The molecule has 3 N–H and O–H groups in total. The summed E-state index contributed by atoms with van der Waals surface area (Å²) in [4.78, 5) is 14.1. The second kappa shape index (κ2) is 12.8. The summed E-state index contributed by atoms with van der Waals surface area (Å²) in [5.74, 6) is -0.532. The fourth-order valence-electron chi connectivity index (χ4n) is 5.16. The van der Waals surface area contributed by atoms with Crippen LogP contribution in [-0.4, -0.2) is 56.9 Å². The molecule has 0 spiro atoms. The molecule has 4 rings (SSSR count). The zero-order chi connectivity index (χ0) is 28.0. The number of nitrogen functional groups attached to an aromatic ring is 1. The van der Waals surface area contributed by atoms with Crippen molar-refractivity contribution in [2.24, 2.45) is 5.73 Å². The van der Waals surface area contributed by atoms with Crippen LogP contribution in [0.5, 0.6) is 5.75 Å². The standard InChI is InChI=1S/C28H35ClN4O5S/c1-20(34)38-39(35,36)33(15-5-7-21-6-4-8-22(18-21)28(30)31)24-11-12-27(26(29)19-24)37-25-13-16-32(17-14-25)23-9-2-3-10-23/h4-8,11-12,18-19,23,25H,2-3,9-10,13-17H2,1H3,(H3,30,31)/b7-5+. The van der Waals surface area contributed by atoms with Crippen molar-refractivity contribution < 1.29 is 22.1 Å². The number of nitrogens with one attached hydrogen (secondary N) is 1. The molecular formula is C28H35ClN4O5S. The molecule has 2 fully saturated rings. The molecule has 1 aliphatic heterocycles. The Labute approximate surface area is 235 Å². The maximum atomic E-state index is 12.9. The van der Waals surface area contributed by atoms with E-state index in [0.29, 0.717) is 17.4 Å². The van der Waals surface area contributed by atoms with Crippen LogP contribution in [-0.2, 0) is 19.3 Å². The van der Waals surface area contributed by atoms with Gasteiger partial charge in [-0.05, 0) is 55.5 Å². The van der Waals surface area contributed by atoms with Crippen LogP contribution in [0.1, 0.15) is 56.6 Å². The molecule has 39 heavy (non-hydrogen) atoms. The normalized spacial score (nSPS) is 17.4. The molecule has 0 radical (unpaired) electrons. The van der Waals surface area contributed by atoms with Gasteiger partial charge in [0.25, 0.3) is 0 Å². The van der Waals surface area contributed by atoms with Crippen LogP contribution in [0.25, 0.3) is 6.08 Å². The van der Waals surface area contributed by atoms with Crippen LogP contribution >= 0.6 is 11.6 Å². The van der Waals surface area contributed by atoms with E-state index in [1.54, 1.807) is 48.6 Å². The maximum absolute atomic E-state index is 12.9. The number of nitrogens with two attached hydrogens (primary N) is 1. The Bertz CT molecular complexity index is 1320. The number of ether oxygens (including phenoxy) is 1. The first-order chi connectivity index (χ1) is 18.6. The van der Waals surface area contributed by atoms with Gasteiger partial charge in [0.05, 0.1) is 17.3 Å². The van der Waals surface area contributed by atoms with E-state index in [-0.39, 0.29) is 29.2 Å². The molecule has 1 aliphatic carbocycles. The molecule has 1 saturated carbocycles. The van der Waals surface area contributed by atoms with E-state index < -0.39 is 16.3 Å². The second-order valence-electron chi connectivity index (χ2n) is 9.91. The lowest BCUT2D eigenvalue weighted by Crippen LogP contribution is -2.43. The van der Waals surface area contributed by atoms with E-state index in [4.69, 9.17) is 27.5 Å². The molecule has 2 aliphatic rings. The fraction of sp³-hybridized carbons (Fsp3) is 0.429. The van der Waals surface area contributed by atoms with Gasteiger partial charge in [0, 0.05) is 31.6 Å². The third-order valence-electron chi connectivity index (χ3n) is 7.09. The minimum Gasteiger partial charge on any atom is -0.489 e. The highest BCUT2D eigenvalue weighted by molar-refractivity contribution is 7.88. The van der Waals surface area contributed by atoms with Crippen molar-refractivity contribution in [3.8, 4) is 5.75 Å².